The van der Waals surface area contributed by atoms with E-state index in [1.807, 2.05) is 12.1 Å². The van der Waals surface area contributed by atoms with Crippen molar-refractivity contribution in [1.82, 2.24) is 5.32 Å². The minimum atomic E-state index is 0.771. The third-order valence-corrected chi connectivity index (χ3v) is 4.66. The fourth-order valence-electron chi connectivity index (χ4n) is 2.01. The quantitative estimate of drug-likeness (QED) is 0.765. The number of rotatable bonds is 7. The van der Waals surface area contributed by atoms with Gasteiger partial charge in [-0.15, -0.1) is 11.3 Å². The van der Waals surface area contributed by atoms with Gasteiger partial charge < -0.3 is 14.8 Å². The van der Waals surface area contributed by atoms with Crippen LogP contribution in [0.15, 0.2) is 34.1 Å². The van der Waals surface area contributed by atoms with E-state index in [2.05, 4.69) is 39.4 Å². The summed E-state index contributed by atoms with van der Waals surface area (Å²) in [6.45, 7) is 1.71. The molecule has 0 unspecified atom stereocenters. The first-order valence-electron chi connectivity index (χ1n) is 6.39. The van der Waals surface area contributed by atoms with Gasteiger partial charge in [0.1, 0.15) is 0 Å². The molecule has 0 aliphatic rings. The minimum absolute atomic E-state index is 0.771. The van der Waals surface area contributed by atoms with Crippen LogP contribution in [0.3, 0.4) is 0 Å². The molecule has 0 bridgehead atoms. The van der Waals surface area contributed by atoms with E-state index >= 15 is 0 Å². The fourth-order valence-corrected chi connectivity index (χ4v) is 3.50. The van der Waals surface area contributed by atoms with Crippen LogP contribution >= 0.6 is 27.3 Å². The number of ether oxygens (including phenoxy) is 2. The molecule has 0 saturated heterocycles. The average Bonchev–Trinajstić information content (AvgIpc) is 2.88. The van der Waals surface area contributed by atoms with Gasteiger partial charge in [0.05, 0.1) is 18.0 Å². The van der Waals surface area contributed by atoms with Crippen molar-refractivity contribution in [2.75, 3.05) is 20.8 Å². The van der Waals surface area contributed by atoms with E-state index in [0.29, 0.717) is 0 Å². The predicted molar refractivity (Wildman–Crippen MR) is 87.0 cm³/mol. The molecule has 1 aromatic heterocycles. The van der Waals surface area contributed by atoms with Gasteiger partial charge in [-0.3, -0.25) is 0 Å². The van der Waals surface area contributed by atoms with Gasteiger partial charge in [0.2, 0.25) is 0 Å². The van der Waals surface area contributed by atoms with Crippen LogP contribution in [0.5, 0.6) is 11.5 Å². The molecule has 1 aromatic carbocycles. The van der Waals surface area contributed by atoms with Gasteiger partial charge in [0.25, 0.3) is 0 Å². The van der Waals surface area contributed by atoms with Crippen LogP contribution in [-0.2, 0) is 13.0 Å². The first-order valence-corrected chi connectivity index (χ1v) is 8.00. The molecule has 0 saturated carbocycles. The number of methoxy groups -OCH3 is 2. The van der Waals surface area contributed by atoms with Gasteiger partial charge in [-0.2, -0.15) is 0 Å². The highest BCUT2D eigenvalue weighted by Gasteiger charge is 2.08. The summed E-state index contributed by atoms with van der Waals surface area (Å²) in [5.41, 5.74) is 1.11. The van der Waals surface area contributed by atoms with Gasteiger partial charge in [-0.25, -0.2) is 0 Å². The van der Waals surface area contributed by atoms with Gasteiger partial charge in [0.15, 0.2) is 11.5 Å². The summed E-state index contributed by atoms with van der Waals surface area (Å²) in [7, 11) is 3.33. The first kappa shape index (κ1) is 15.4. The highest BCUT2D eigenvalue weighted by atomic mass is 79.9. The van der Waals surface area contributed by atoms with Crippen LogP contribution in [-0.4, -0.2) is 20.8 Å². The zero-order valence-corrected chi connectivity index (χ0v) is 14.0. The second-order valence-electron chi connectivity index (χ2n) is 4.29. The van der Waals surface area contributed by atoms with E-state index in [1.54, 1.807) is 25.6 Å². The van der Waals surface area contributed by atoms with Crippen molar-refractivity contribution in [3.05, 3.63) is 44.6 Å². The molecule has 0 amide bonds. The van der Waals surface area contributed by atoms with Crippen LogP contribution in [0.25, 0.3) is 0 Å². The lowest BCUT2D eigenvalue weighted by atomic mass is 10.2. The van der Waals surface area contributed by atoms with Gasteiger partial charge >= 0.3 is 0 Å². The maximum atomic E-state index is 5.42. The lowest BCUT2D eigenvalue weighted by Gasteiger charge is -2.13. The molecule has 0 fully saturated rings. The molecule has 0 radical (unpaired) electrons. The topological polar surface area (TPSA) is 30.5 Å². The predicted octanol–water partition coefficient (Wildman–Crippen LogP) is 3.86. The Morgan fingerprint density at radius 1 is 1.15 bits per heavy atom. The van der Waals surface area contributed by atoms with E-state index in [4.69, 9.17) is 9.47 Å². The van der Waals surface area contributed by atoms with Crippen molar-refractivity contribution in [2.45, 2.75) is 13.0 Å². The summed E-state index contributed by atoms with van der Waals surface area (Å²) in [4.78, 5) is 1.38. The molecule has 5 heteroatoms. The van der Waals surface area contributed by atoms with Crippen LogP contribution in [0, 0.1) is 0 Å². The highest BCUT2D eigenvalue weighted by molar-refractivity contribution is 9.11. The summed E-state index contributed by atoms with van der Waals surface area (Å²) >= 11 is 5.26. The number of hydrogen-bond acceptors (Lipinski definition) is 4. The molecule has 20 heavy (non-hydrogen) atoms. The summed E-state index contributed by atoms with van der Waals surface area (Å²) in [6.07, 6.45) is 1.03. The second kappa shape index (κ2) is 7.67. The lowest BCUT2D eigenvalue weighted by Crippen LogP contribution is -2.16. The molecular formula is C15H18BrNO2S. The molecule has 0 aliphatic heterocycles. The smallest absolute Gasteiger partial charge is 0.165 e. The SMILES string of the molecule is COc1cccc(CNCCc2ccc(Br)s2)c1OC. The minimum Gasteiger partial charge on any atom is -0.493 e. The maximum absolute atomic E-state index is 5.42. The van der Waals surface area contributed by atoms with Crippen molar-refractivity contribution in [2.24, 2.45) is 0 Å². The number of nitrogens with one attached hydrogen (secondary N) is 1. The Balaban J connectivity index is 1.87. The highest BCUT2D eigenvalue weighted by Crippen LogP contribution is 2.30. The van der Waals surface area contributed by atoms with Crippen LogP contribution in [0.2, 0.25) is 0 Å². The first-order chi connectivity index (χ1) is 9.74. The zero-order chi connectivity index (χ0) is 14.4. The summed E-state index contributed by atoms with van der Waals surface area (Å²) in [6, 6.07) is 10.2. The average molecular weight is 356 g/mol. The third kappa shape index (κ3) is 3.98. The number of para-hydroxylation sites is 1. The summed E-state index contributed by atoms with van der Waals surface area (Å²) in [5, 5.41) is 3.44. The Bertz CT molecular complexity index is 557. The number of thiophene rings is 1. The lowest BCUT2D eigenvalue weighted by molar-refractivity contribution is 0.350. The summed E-state index contributed by atoms with van der Waals surface area (Å²) in [5.74, 6) is 1.58. The van der Waals surface area contributed by atoms with Crippen LogP contribution in [0.4, 0.5) is 0 Å². The van der Waals surface area contributed by atoms with Crippen molar-refractivity contribution in [1.29, 1.82) is 0 Å². The Morgan fingerprint density at radius 3 is 2.65 bits per heavy atom. The molecule has 1 N–H and O–H groups in total. The van der Waals surface area contributed by atoms with E-state index in [-0.39, 0.29) is 0 Å². The Morgan fingerprint density at radius 2 is 2.00 bits per heavy atom. The Labute approximate surface area is 132 Å². The maximum Gasteiger partial charge on any atom is 0.165 e. The van der Waals surface area contributed by atoms with Gasteiger partial charge in [0, 0.05) is 23.5 Å². The second-order valence-corrected chi connectivity index (χ2v) is 6.83. The number of halogens is 1. The van der Waals surface area contributed by atoms with Crippen molar-refractivity contribution in [3.63, 3.8) is 0 Å². The molecule has 1 heterocycles. The Hall–Kier alpha value is -1.04. The van der Waals surface area contributed by atoms with Crippen molar-refractivity contribution in [3.8, 4) is 11.5 Å². The molecule has 2 rings (SSSR count). The van der Waals surface area contributed by atoms with E-state index in [1.165, 1.54) is 8.66 Å². The van der Waals surface area contributed by atoms with Crippen molar-refractivity contribution >= 4 is 27.3 Å². The standard InChI is InChI=1S/C15H18BrNO2S/c1-18-13-5-3-4-11(15(13)19-2)10-17-9-8-12-6-7-14(16)20-12/h3-7,17H,8-10H2,1-2H3. The Kier molecular flexibility index (Phi) is 5.88. The zero-order valence-electron chi connectivity index (χ0n) is 11.6. The van der Waals surface area contributed by atoms with Crippen LogP contribution in [0.1, 0.15) is 10.4 Å². The fraction of sp³-hybridized carbons (Fsp3) is 0.333. The number of hydrogen-bond donors (Lipinski definition) is 1. The van der Waals surface area contributed by atoms with Crippen molar-refractivity contribution < 1.29 is 9.47 Å². The molecular weight excluding hydrogens is 338 g/mol. The molecule has 3 nitrogen and oxygen atoms in total. The molecule has 0 spiro atoms. The molecule has 0 atom stereocenters. The van der Waals surface area contributed by atoms with Gasteiger partial charge in [-0.05, 0) is 40.5 Å². The molecule has 2 aromatic rings. The third-order valence-electron chi connectivity index (χ3n) is 2.98. The monoisotopic (exact) mass is 355 g/mol. The van der Waals surface area contributed by atoms with E-state index < -0.39 is 0 Å². The van der Waals surface area contributed by atoms with E-state index in [9.17, 15) is 0 Å². The number of benzene rings is 1. The normalized spacial score (nSPS) is 10.6. The van der Waals surface area contributed by atoms with Crippen LogP contribution < -0.4 is 14.8 Å². The van der Waals surface area contributed by atoms with Gasteiger partial charge in [-0.1, -0.05) is 12.1 Å². The largest absolute Gasteiger partial charge is 0.493 e. The molecule has 0 aliphatic carbocycles. The molecule has 108 valence electrons. The van der Waals surface area contributed by atoms with E-state index in [0.717, 1.165) is 36.6 Å². The summed E-state index contributed by atoms with van der Waals surface area (Å²) < 4.78 is 11.9.